The molecule has 1 aromatic carbocycles. The maximum atomic E-state index is 13.3. The monoisotopic (exact) mass is 315 g/mol. The van der Waals surface area contributed by atoms with Gasteiger partial charge in [-0.25, -0.2) is 9.37 Å². The zero-order valence-electron chi connectivity index (χ0n) is 13.5. The number of benzene rings is 1. The van der Waals surface area contributed by atoms with E-state index in [1.54, 1.807) is 6.07 Å². The highest BCUT2D eigenvalue weighted by molar-refractivity contribution is 5.58. The van der Waals surface area contributed by atoms with E-state index in [0.29, 0.717) is 23.4 Å². The Kier molecular flexibility index (Phi) is 4.71. The number of nitrogens with one attached hydrogen (secondary N) is 2. The van der Waals surface area contributed by atoms with Gasteiger partial charge in [-0.1, -0.05) is 6.07 Å². The SMILES string of the molecule is CN(C)CCNc1nc(Nc2cccc(F)c2)cc(C2CC2)n1. The fraction of sp³-hybridized carbons (Fsp3) is 0.412. The molecule has 1 aromatic heterocycles. The van der Waals surface area contributed by atoms with Crippen LogP contribution in [0.15, 0.2) is 30.3 Å². The molecule has 1 heterocycles. The molecule has 0 radical (unpaired) electrons. The molecular formula is C17H22FN5. The van der Waals surface area contributed by atoms with Crippen LogP contribution in [0.25, 0.3) is 0 Å². The number of halogens is 1. The summed E-state index contributed by atoms with van der Waals surface area (Å²) in [6.45, 7) is 1.68. The predicted octanol–water partition coefficient (Wildman–Crippen LogP) is 3.21. The number of nitrogens with zero attached hydrogens (tertiary/aromatic N) is 3. The van der Waals surface area contributed by atoms with E-state index in [1.807, 2.05) is 26.2 Å². The van der Waals surface area contributed by atoms with Gasteiger partial charge >= 0.3 is 0 Å². The first-order valence-corrected chi connectivity index (χ1v) is 7.90. The Bertz CT molecular complexity index is 670. The first-order chi connectivity index (χ1) is 11.1. The Morgan fingerprint density at radius 1 is 1.22 bits per heavy atom. The molecule has 23 heavy (non-hydrogen) atoms. The quantitative estimate of drug-likeness (QED) is 0.822. The summed E-state index contributed by atoms with van der Waals surface area (Å²) in [6.07, 6.45) is 2.35. The number of likely N-dealkylation sites (N-methyl/N-ethyl adjacent to an activating group) is 1. The van der Waals surface area contributed by atoms with E-state index in [-0.39, 0.29) is 5.82 Å². The lowest BCUT2D eigenvalue weighted by molar-refractivity contribution is 0.425. The van der Waals surface area contributed by atoms with Crippen LogP contribution in [0.3, 0.4) is 0 Å². The summed E-state index contributed by atoms with van der Waals surface area (Å²) in [6, 6.07) is 8.34. The summed E-state index contributed by atoms with van der Waals surface area (Å²) in [7, 11) is 4.06. The van der Waals surface area contributed by atoms with Gasteiger partial charge in [-0.15, -0.1) is 0 Å². The van der Waals surface area contributed by atoms with E-state index in [4.69, 9.17) is 0 Å². The molecule has 0 atom stereocenters. The van der Waals surface area contributed by atoms with Gasteiger partial charge in [0, 0.05) is 30.8 Å². The number of anilines is 3. The summed E-state index contributed by atoms with van der Waals surface area (Å²) < 4.78 is 13.3. The lowest BCUT2D eigenvalue weighted by atomic mass is 10.2. The maximum absolute atomic E-state index is 13.3. The molecule has 1 aliphatic rings. The van der Waals surface area contributed by atoms with Crippen LogP contribution in [-0.2, 0) is 0 Å². The fourth-order valence-electron chi connectivity index (χ4n) is 2.30. The van der Waals surface area contributed by atoms with Crippen molar-refractivity contribution in [2.45, 2.75) is 18.8 Å². The second kappa shape index (κ2) is 6.91. The standard InChI is InChI=1S/C17H22FN5/c1-23(2)9-8-19-17-21-15(12-6-7-12)11-16(22-17)20-14-5-3-4-13(18)10-14/h3-5,10-12H,6-9H2,1-2H3,(H2,19,20,21,22). The molecule has 2 aromatic rings. The van der Waals surface area contributed by atoms with Crippen LogP contribution < -0.4 is 10.6 Å². The van der Waals surface area contributed by atoms with Crippen LogP contribution in [-0.4, -0.2) is 42.1 Å². The molecule has 1 aliphatic carbocycles. The van der Waals surface area contributed by atoms with Gasteiger partial charge in [0.15, 0.2) is 0 Å². The molecule has 122 valence electrons. The maximum Gasteiger partial charge on any atom is 0.224 e. The van der Waals surface area contributed by atoms with Crippen LogP contribution in [0.1, 0.15) is 24.5 Å². The molecule has 6 heteroatoms. The second-order valence-corrected chi connectivity index (χ2v) is 6.14. The minimum atomic E-state index is -0.268. The van der Waals surface area contributed by atoms with Gasteiger partial charge in [0.2, 0.25) is 5.95 Å². The highest BCUT2D eigenvalue weighted by Crippen LogP contribution is 2.40. The van der Waals surface area contributed by atoms with Crippen LogP contribution in [0, 0.1) is 5.82 Å². The highest BCUT2D eigenvalue weighted by Gasteiger charge is 2.26. The third-order valence-electron chi connectivity index (χ3n) is 3.68. The molecule has 1 fully saturated rings. The van der Waals surface area contributed by atoms with Crippen molar-refractivity contribution in [2.24, 2.45) is 0 Å². The van der Waals surface area contributed by atoms with Crippen LogP contribution in [0.5, 0.6) is 0 Å². The van der Waals surface area contributed by atoms with Crippen LogP contribution in [0.2, 0.25) is 0 Å². The summed E-state index contributed by atoms with van der Waals surface area (Å²) in [5.74, 6) is 1.58. The van der Waals surface area contributed by atoms with E-state index in [9.17, 15) is 4.39 Å². The predicted molar refractivity (Wildman–Crippen MR) is 90.7 cm³/mol. The van der Waals surface area contributed by atoms with Crippen molar-refractivity contribution < 1.29 is 4.39 Å². The van der Waals surface area contributed by atoms with E-state index in [2.05, 4.69) is 25.5 Å². The summed E-state index contributed by atoms with van der Waals surface area (Å²) in [4.78, 5) is 11.2. The van der Waals surface area contributed by atoms with Crippen molar-refractivity contribution >= 4 is 17.5 Å². The van der Waals surface area contributed by atoms with Crippen molar-refractivity contribution in [3.05, 3.63) is 41.8 Å². The Hall–Kier alpha value is -2.21. The number of hydrogen-bond acceptors (Lipinski definition) is 5. The highest BCUT2D eigenvalue weighted by atomic mass is 19.1. The second-order valence-electron chi connectivity index (χ2n) is 6.14. The van der Waals surface area contributed by atoms with Crippen molar-refractivity contribution in [3.8, 4) is 0 Å². The Labute approximate surface area is 136 Å². The number of aromatic nitrogens is 2. The minimum Gasteiger partial charge on any atom is -0.353 e. The number of rotatable bonds is 7. The van der Waals surface area contributed by atoms with Crippen molar-refractivity contribution in [2.75, 3.05) is 37.8 Å². The van der Waals surface area contributed by atoms with E-state index >= 15 is 0 Å². The molecule has 3 rings (SSSR count). The van der Waals surface area contributed by atoms with Gasteiger partial charge in [0.1, 0.15) is 11.6 Å². The van der Waals surface area contributed by atoms with E-state index < -0.39 is 0 Å². The van der Waals surface area contributed by atoms with Gasteiger partial charge < -0.3 is 15.5 Å². The number of hydrogen-bond donors (Lipinski definition) is 2. The molecule has 0 spiro atoms. The summed E-state index contributed by atoms with van der Waals surface area (Å²) in [5, 5.41) is 6.42. The van der Waals surface area contributed by atoms with E-state index in [0.717, 1.165) is 18.8 Å². The van der Waals surface area contributed by atoms with Crippen molar-refractivity contribution in [3.63, 3.8) is 0 Å². The zero-order valence-corrected chi connectivity index (χ0v) is 13.5. The van der Waals surface area contributed by atoms with Crippen LogP contribution >= 0.6 is 0 Å². The Balaban J connectivity index is 1.76. The zero-order chi connectivity index (χ0) is 16.2. The largest absolute Gasteiger partial charge is 0.353 e. The lowest BCUT2D eigenvalue weighted by Crippen LogP contribution is -2.21. The first-order valence-electron chi connectivity index (χ1n) is 7.90. The third kappa shape index (κ3) is 4.63. The topological polar surface area (TPSA) is 53.1 Å². The molecule has 2 N–H and O–H groups in total. The smallest absolute Gasteiger partial charge is 0.224 e. The molecule has 0 bridgehead atoms. The molecular weight excluding hydrogens is 293 g/mol. The molecule has 0 aliphatic heterocycles. The molecule has 5 nitrogen and oxygen atoms in total. The molecule has 1 saturated carbocycles. The lowest BCUT2D eigenvalue weighted by Gasteiger charge is -2.13. The average molecular weight is 315 g/mol. The third-order valence-corrected chi connectivity index (χ3v) is 3.68. The molecule has 0 unspecified atom stereocenters. The fourth-order valence-corrected chi connectivity index (χ4v) is 2.30. The Morgan fingerprint density at radius 2 is 2.04 bits per heavy atom. The average Bonchev–Trinajstić information content (AvgIpc) is 3.31. The van der Waals surface area contributed by atoms with Gasteiger partial charge in [-0.3, -0.25) is 0 Å². The molecule has 0 saturated heterocycles. The summed E-state index contributed by atoms with van der Waals surface area (Å²) in [5.41, 5.74) is 1.73. The van der Waals surface area contributed by atoms with Gasteiger partial charge in [0.05, 0.1) is 5.69 Å². The minimum absolute atomic E-state index is 0.268. The van der Waals surface area contributed by atoms with E-state index in [1.165, 1.54) is 25.0 Å². The Morgan fingerprint density at radius 3 is 2.74 bits per heavy atom. The van der Waals surface area contributed by atoms with Crippen LogP contribution in [0.4, 0.5) is 21.8 Å². The van der Waals surface area contributed by atoms with Gasteiger partial charge in [0.25, 0.3) is 0 Å². The normalized spacial score (nSPS) is 14.1. The van der Waals surface area contributed by atoms with Crippen molar-refractivity contribution in [1.82, 2.24) is 14.9 Å². The summed E-state index contributed by atoms with van der Waals surface area (Å²) >= 11 is 0. The van der Waals surface area contributed by atoms with Gasteiger partial charge in [-0.2, -0.15) is 4.98 Å². The van der Waals surface area contributed by atoms with Crippen molar-refractivity contribution in [1.29, 1.82) is 0 Å². The molecule has 0 amide bonds. The first kappa shape index (κ1) is 15.7. The van der Waals surface area contributed by atoms with Gasteiger partial charge in [-0.05, 0) is 45.1 Å².